The number of halogens is 2. The van der Waals surface area contributed by atoms with Crippen molar-refractivity contribution in [2.75, 3.05) is 18.1 Å². The van der Waals surface area contributed by atoms with Gasteiger partial charge in [-0.05, 0) is 35.4 Å². The Hall–Kier alpha value is -3.94. The molecular weight excluding hydrogens is 418 g/mol. The second kappa shape index (κ2) is 9.47. The van der Waals surface area contributed by atoms with Crippen LogP contribution in [0.3, 0.4) is 0 Å². The van der Waals surface area contributed by atoms with Crippen LogP contribution in [-0.4, -0.2) is 31.6 Å². The van der Waals surface area contributed by atoms with Gasteiger partial charge in [-0.1, -0.05) is 54.6 Å². The standard InChI is InChI=1S/C24H20F2N2O4/c25-24(26)32-18-12-10-17(11-13-18)23(16-6-2-1-3-7-16)27-21(29)14-28-19-8-4-5-9-20(19)31-15-22(28)30/h1-13,23-24H,14-15H2,(H,27,29). The van der Waals surface area contributed by atoms with E-state index in [1.165, 1.54) is 17.0 Å². The molecule has 1 heterocycles. The highest BCUT2D eigenvalue weighted by atomic mass is 19.3. The van der Waals surface area contributed by atoms with E-state index < -0.39 is 12.7 Å². The number of amides is 2. The van der Waals surface area contributed by atoms with E-state index in [-0.39, 0.29) is 30.7 Å². The molecule has 1 aliphatic rings. The number of nitrogens with zero attached hydrogens (tertiary/aromatic N) is 1. The maximum atomic E-state index is 13.0. The van der Waals surface area contributed by atoms with E-state index in [0.717, 1.165) is 5.56 Å². The van der Waals surface area contributed by atoms with Crippen molar-refractivity contribution in [1.29, 1.82) is 0 Å². The Morgan fingerprint density at radius 1 is 0.969 bits per heavy atom. The van der Waals surface area contributed by atoms with Gasteiger partial charge in [0, 0.05) is 0 Å². The number of alkyl halides is 2. The normalized spacial score (nSPS) is 13.8. The maximum Gasteiger partial charge on any atom is 0.387 e. The van der Waals surface area contributed by atoms with Gasteiger partial charge in [-0.3, -0.25) is 14.5 Å². The summed E-state index contributed by atoms with van der Waals surface area (Å²) in [7, 11) is 0. The maximum absolute atomic E-state index is 13.0. The van der Waals surface area contributed by atoms with E-state index in [2.05, 4.69) is 10.1 Å². The van der Waals surface area contributed by atoms with Crippen LogP contribution in [0.1, 0.15) is 17.2 Å². The van der Waals surface area contributed by atoms with Gasteiger partial charge in [0.05, 0.1) is 11.7 Å². The zero-order valence-corrected chi connectivity index (χ0v) is 16.9. The molecule has 0 saturated carbocycles. The van der Waals surface area contributed by atoms with Gasteiger partial charge in [-0.25, -0.2) is 0 Å². The molecule has 1 aliphatic heterocycles. The molecule has 6 nitrogen and oxygen atoms in total. The Bertz CT molecular complexity index is 1090. The number of hydrogen-bond donors (Lipinski definition) is 1. The molecule has 0 fully saturated rings. The number of ether oxygens (including phenoxy) is 2. The van der Waals surface area contributed by atoms with Crippen molar-refractivity contribution in [1.82, 2.24) is 5.32 Å². The summed E-state index contributed by atoms with van der Waals surface area (Å²) >= 11 is 0. The average molecular weight is 438 g/mol. The van der Waals surface area contributed by atoms with Crippen LogP contribution in [-0.2, 0) is 9.59 Å². The van der Waals surface area contributed by atoms with Crippen molar-refractivity contribution in [3.05, 3.63) is 90.0 Å². The Labute approximate surface area is 183 Å². The molecule has 164 valence electrons. The predicted molar refractivity (Wildman–Crippen MR) is 114 cm³/mol. The zero-order valence-electron chi connectivity index (χ0n) is 16.9. The number of carbonyl (C=O) groups is 2. The fraction of sp³-hybridized carbons (Fsp3) is 0.167. The zero-order chi connectivity index (χ0) is 22.5. The molecule has 3 aromatic carbocycles. The van der Waals surface area contributed by atoms with Crippen LogP contribution in [0.25, 0.3) is 0 Å². The monoisotopic (exact) mass is 438 g/mol. The summed E-state index contributed by atoms with van der Waals surface area (Å²) < 4.78 is 34.7. The molecule has 8 heteroatoms. The number of carbonyl (C=O) groups excluding carboxylic acids is 2. The van der Waals surface area contributed by atoms with Gasteiger partial charge < -0.3 is 14.8 Å². The Morgan fingerprint density at radius 3 is 2.34 bits per heavy atom. The minimum absolute atomic E-state index is 0.0254. The number of anilines is 1. The van der Waals surface area contributed by atoms with Crippen LogP contribution in [0, 0.1) is 0 Å². The predicted octanol–water partition coefficient (Wildman–Crippen LogP) is 3.92. The van der Waals surface area contributed by atoms with Gasteiger partial charge in [-0.2, -0.15) is 8.78 Å². The lowest BCUT2D eigenvalue weighted by Gasteiger charge is -2.29. The second-order valence-electron chi connectivity index (χ2n) is 7.10. The minimum atomic E-state index is -2.92. The molecule has 32 heavy (non-hydrogen) atoms. The Morgan fingerprint density at radius 2 is 1.62 bits per heavy atom. The molecule has 1 unspecified atom stereocenters. The molecule has 0 spiro atoms. The fourth-order valence-electron chi connectivity index (χ4n) is 3.52. The van der Waals surface area contributed by atoms with Gasteiger partial charge in [0.15, 0.2) is 6.61 Å². The summed E-state index contributed by atoms with van der Waals surface area (Å²) in [4.78, 5) is 26.7. The van der Waals surface area contributed by atoms with Crippen molar-refractivity contribution >= 4 is 17.5 Å². The van der Waals surface area contributed by atoms with Crippen molar-refractivity contribution in [3.63, 3.8) is 0 Å². The van der Waals surface area contributed by atoms with Crippen LogP contribution in [0.2, 0.25) is 0 Å². The largest absolute Gasteiger partial charge is 0.482 e. The van der Waals surface area contributed by atoms with E-state index in [1.807, 2.05) is 30.3 Å². The fourth-order valence-corrected chi connectivity index (χ4v) is 3.52. The van der Waals surface area contributed by atoms with Crippen LogP contribution in [0.5, 0.6) is 11.5 Å². The molecule has 0 saturated heterocycles. The smallest absolute Gasteiger partial charge is 0.387 e. The summed E-state index contributed by atoms with van der Waals surface area (Å²) in [6.07, 6.45) is 0. The van der Waals surface area contributed by atoms with Gasteiger partial charge in [0.2, 0.25) is 5.91 Å². The summed E-state index contributed by atoms with van der Waals surface area (Å²) in [5.41, 5.74) is 2.01. The molecule has 0 bridgehead atoms. The van der Waals surface area contributed by atoms with Crippen molar-refractivity contribution in [2.24, 2.45) is 0 Å². The lowest BCUT2D eigenvalue weighted by molar-refractivity contribution is -0.125. The van der Waals surface area contributed by atoms with Gasteiger partial charge >= 0.3 is 6.61 Å². The molecule has 0 aromatic heterocycles. The lowest BCUT2D eigenvalue weighted by Crippen LogP contribution is -2.45. The first kappa shape index (κ1) is 21.3. The molecule has 4 rings (SSSR count). The quantitative estimate of drug-likeness (QED) is 0.607. The molecular formula is C24H20F2N2O4. The van der Waals surface area contributed by atoms with Gasteiger partial charge in [0.25, 0.3) is 5.91 Å². The summed E-state index contributed by atoms with van der Waals surface area (Å²) in [6, 6.07) is 21.8. The summed E-state index contributed by atoms with van der Waals surface area (Å²) in [5, 5.41) is 2.95. The molecule has 2 amide bonds. The first-order valence-electron chi connectivity index (χ1n) is 9.92. The summed E-state index contributed by atoms with van der Waals surface area (Å²) in [6.45, 7) is -3.24. The third-order valence-electron chi connectivity index (χ3n) is 4.99. The van der Waals surface area contributed by atoms with Gasteiger partial charge in [-0.15, -0.1) is 0 Å². The van der Waals surface area contributed by atoms with E-state index >= 15 is 0 Å². The van der Waals surface area contributed by atoms with E-state index in [4.69, 9.17) is 4.74 Å². The number of hydrogen-bond acceptors (Lipinski definition) is 4. The number of nitrogens with one attached hydrogen (secondary N) is 1. The van der Waals surface area contributed by atoms with E-state index in [1.54, 1.807) is 36.4 Å². The SMILES string of the molecule is O=C(CN1C(=O)COc2ccccc21)NC(c1ccccc1)c1ccc(OC(F)F)cc1. The van der Waals surface area contributed by atoms with Crippen molar-refractivity contribution in [2.45, 2.75) is 12.7 Å². The molecule has 3 aromatic rings. The van der Waals surface area contributed by atoms with E-state index in [0.29, 0.717) is 17.0 Å². The van der Waals surface area contributed by atoms with Crippen LogP contribution >= 0.6 is 0 Å². The highest BCUT2D eigenvalue weighted by molar-refractivity contribution is 6.02. The number of benzene rings is 3. The molecule has 0 radical (unpaired) electrons. The third kappa shape index (κ3) is 4.85. The minimum Gasteiger partial charge on any atom is -0.482 e. The highest BCUT2D eigenvalue weighted by Crippen LogP contribution is 2.31. The third-order valence-corrected chi connectivity index (χ3v) is 4.99. The number of para-hydroxylation sites is 2. The van der Waals surface area contributed by atoms with Crippen LogP contribution in [0.4, 0.5) is 14.5 Å². The van der Waals surface area contributed by atoms with Crippen LogP contribution in [0.15, 0.2) is 78.9 Å². The molecule has 0 aliphatic carbocycles. The number of rotatable bonds is 7. The van der Waals surface area contributed by atoms with E-state index in [9.17, 15) is 18.4 Å². The lowest BCUT2D eigenvalue weighted by atomic mass is 9.98. The van der Waals surface area contributed by atoms with Crippen molar-refractivity contribution < 1.29 is 27.8 Å². The first-order valence-corrected chi connectivity index (χ1v) is 9.92. The highest BCUT2D eigenvalue weighted by Gasteiger charge is 2.28. The summed E-state index contributed by atoms with van der Waals surface area (Å²) in [5.74, 6) is -0.132. The topological polar surface area (TPSA) is 67.9 Å². The average Bonchev–Trinajstić information content (AvgIpc) is 2.80. The second-order valence-corrected chi connectivity index (χ2v) is 7.10. The van der Waals surface area contributed by atoms with Crippen LogP contribution < -0.4 is 19.7 Å². The number of fused-ring (bicyclic) bond motifs is 1. The Balaban J connectivity index is 1.55. The Kier molecular flexibility index (Phi) is 6.30. The molecule has 1 N–H and O–H groups in total. The molecule has 1 atom stereocenters. The van der Waals surface area contributed by atoms with Crippen molar-refractivity contribution in [3.8, 4) is 11.5 Å². The van der Waals surface area contributed by atoms with Gasteiger partial charge in [0.1, 0.15) is 18.0 Å². The first-order chi connectivity index (χ1) is 15.5.